The van der Waals surface area contributed by atoms with Crippen molar-refractivity contribution in [1.82, 2.24) is 10.2 Å². The van der Waals surface area contributed by atoms with Gasteiger partial charge in [0, 0.05) is 13.6 Å². The van der Waals surface area contributed by atoms with E-state index in [1.54, 1.807) is 11.9 Å². The third kappa shape index (κ3) is 3.36. The van der Waals surface area contributed by atoms with Crippen molar-refractivity contribution in [1.29, 1.82) is 0 Å². The number of carbonyl (C=O) groups is 3. The fraction of sp³-hybridized carbons (Fsp3) is 0.800. The van der Waals surface area contributed by atoms with Crippen LogP contribution in [0.5, 0.6) is 0 Å². The van der Waals surface area contributed by atoms with Gasteiger partial charge in [0.25, 0.3) is 0 Å². The first-order valence-corrected chi connectivity index (χ1v) is 7.81. The molecule has 0 aromatic carbocycles. The van der Waals surface area contributed by atoms with E-state index in [2.05, 4.69) is 5.32 Å². The fourth-order valence-corrected chi connectivity index (χ4v) is 3.57. The summed E-state index contributed by atoms with van der Waals surface area (Å²) in [5.74, 6) is -2.25. The Hall–Kier alpha value is -1.59. The molecule has 0 radical (unpaired) electrons. The number of piperidine rings is 1. The predicted molar refractivity (Wildman–Crippen MR) is 76.5 cm³/mol. The predicted octanol–water partition coefficient (Wildman–Crippen LogP) is 1.00. The van der Waals surface area contributed by atoms with Gasteiger partial charge in [-0.25, -0.2) is 0 Å². The molecule has 3 unspecified atom stereocenters. The Bertz CT molecular complexity index is 424. The quantitative estimate of drug-likeness (QED) is 0.813. The maximum Gasteiger partial charge on any atom is 0.307 e. The van der Waals surface area contributed by atoms with E-state index in [4.69, 9.17) is 0 Å². The van der Waals surface area contributed by atoms with Crippen LogP contribution in [0.3, 0.4) is 0 Å². The highest BCUT2D eigenvalue weighted by atomic mass is 16.4. The van der Waals surface area contributed by atoms with Gasteiger partial charge in [0.05, 0.1) is 11.8 Å². The molecule has 1 saturated carbocycles. The molecule has 2 aliphatic rings. The van der Waals surface area contributed by atoms with Crippen molar-refractivity contribution >= 4 is 17.8 Å². The number of hydrogen-bond acceptors (Lipinski definition) is 3. The first-order chi connectivity index (χ1) is 10.1. The average Bonchev–Trinajstić information content (AvgIpc) is 2.53. The highest BCUT2D eigenvalue weighted by Crippen LogP contribution is 2.33. The number of nitrogens with one attached hydrogen (secondary N) is 1. The number of aliphatic carboxylic acids is 1. The second-order valence-corrected chi connectivity index (χ2v) is 5.99. The molecule has 1 heterocycles. The summed E-state index contributed by atoms with van der Waals surface area (Å²) in [5, 5.41) is 11.9. The van der Waals surface area contributed by atoms with Gasteiger partial charge in [-0.1, -0.05) is 12.8 Å². The molecule has 6 nitrogen and oxygen atoms in total. The Morgan fingerprint density at radius 2 is 1.62 bits per heavy atom. The molecule has 0 aromatic heterocycles. The maximum atomic E-state index is 12.8. The average molecular weight is 296 g/mol. The highest BCUT2D eigenvalue weighted by molar-refractivity contribution is 5.90. The van der Waals surface area contributed by atoms with Crippen molar-refractivity contribution in [3.8, 4) is 0 Å². The molecule has 1 saturated heterocycles. The van der Waals surface area contributed by atoms with E-state index in [1.807, 2.05) is 0 Å². The largest absolute Gasteiger partial charge is 0.481 e. The zero-order valence-electron chi connectivity index (χ0n) is 12.5. The van der Waals surface area contributed by atoms with E-state index in [9.17, 15) is 19.5 Å². The molecule has 2 amide bonds. The molecule has 1 aliphatic heterocycles. The molecule has 6 heteroatoms. The Morgan fingerprint density at radius 3 is 2.24 bits per heavy atom. The summed E-state index contributed by atoms with van der Waals surface area (Å²) >= 11 is 0. The van der Waals surface area contributed by atoms with Gasteiger partial charge in [-0.15, -0.1) is 0 Å². The van der Waals surface area contributed by atoms with Crippen molar-refractivity contribution in [2.75, 3.05) is 13.6 Å². The van der Waals surface area contributed by atoms with Crippen molar-refractivity contribution in [2.45, 2.75) is 51.0 Å². The molecule has 0 aromatic rings. The van der Waals surface area contributed by atoms with Crippen LogP contribution in [0.4, 0.5) is 0 Å². The smallest absolute Gasteiger partial charge is 0.307 e. The van der Waals surface area contributed by atoms with Crippen LogP contribution in [0.2, 0.25) is 0 Å². The standard InChI is InChI=1S/C15H24N2O4/c1-16-13(18)12-8-4-5-9-17(12)14(19)10-6-2-3-7-11(10)15(20)21/h10-12H,2-9H2,1H3,(H,16,18)(H,20,21). The molecule has 2 rings (SSSR count). The topological polar surface area (TPSA) is 86.7 Å². The number of nitrogens with zero attached hydrogens (tertiary/aromatic N) is 1. The van der Waals surface area contributed by atoms with Crippen LogP contribution in [0, 0.1) is 11.8 Å². The second-order valence-electron chi connectivity index (χ2n) is 5.99. The first-order valence-electron chi connectivity index (χ1n) is 7.81. The minimum atomic E-state index is -0.887. The van der Waals surface area contributed by atoms with Crippen LogP contribution < -0.4 is 5.32 Å². The van der Waals surface area contributed by atoms with Gasteiger partial charge in [-0.05, 0) is 32.1 Å². The van der Waals surface area contributed by atoms with E-state index in [1.165, 1.54) is 0 Å². The van der Waals surface area contributed by atoms with Crippen LogP contribution in [0.15, 0.2) is 0 Å². The molecule has 1 aliphatic carbocycles. The number of likely N-dealkylation sites (N-methyl/N-ethyl adjacent to an activating group) is 1. The van der Waals surface area contributed by atoms with Gasteiger partial charge in [0.15, 0.2) is 0 Å². The zero-order valence-corrected chi connectivity index (χ0v) is 12.5. The minimum Gasteiger partial charge on any atom is -0.481 e. The number of hydrogen-bond donors (Lipinski definition) is 2. The van der Waals surface area contributed by atoms with Gasteiger partial charge in [0.2, 0.25) is 11.8 Å². The summed E-state index contributed by atoms with van der Waals surface area (Å²) in [7, 11) is 1.57. The number of carbonyl (C=O) groups excluding carboxylic acids is 2. The molecule has 3 atom stereocenters. The van der Waals surface area contributed by atoms with Gasteiger partial charge in [0.1, 0.15) is 6.04 Å². The molecule has 2 N–H and O–H groups in total. The summed E-state index contributed by atoms with van der Waals surface area (Å²) in [5.41, 5.74) is 0. The second kappa shape index (κ2) is 6.91. The summed E-state index contributed by atoms with van der Waals surface area (Å²) in [4.78, 5) is 37.7. The normalized spacial score (nSPS) is 29.8. The zero-order chi connectivity index (χ0) is 15.4. The highest BCUT2D eigenvalue weighted by Gasteiger charge is 2.41. The van der Waals surface area contributed by atoms with Crippen LogP contribution in [-0.4, -0.2) is 47.4 Å². The summed E-state index contributed by atoms with van der Waals surface area (Å²) < 4.78 is 0. The van der Waals surface area contributed by atoms with Crippen molar-refractivity contribution in [3.63, 3.8) is 0 Å². The van der Waals surface area contributed by atoms with E-state index < -0.39 is 23.8 Å². The van der Waals surface area contributed by atoms with Crippen molar-refractivity contribution in [3.05, 3.63) is 0 Å². The van der Waals surface area contributed by atoms with E-state index in [-0.39, 0.29) is 11.8 Å². The van der Waals surface area contributed by atoms with Gasteiger partial charge in [-0.2, -0.15) is 0 Å². The van der Waals surface area contributed by atoms with Crippen LogP contribution in [0.25, 0.3) is 0 Å². The van der Waals surface area contributed by atoms with E-state index in [0.29, 0.717) is 25.8 Å². The maximum absolute atomic E-state index is 12.8. The lowest BCUT2D eigenvalue weighted by Crippen LogP contribution is -2.54. The lowest BCUT2D eigenvalue weighted by molar-refractivity contribution is -0.155. The number of likely N-dealkylation sites (tertiary alicyclic amines) is 1. The molecule has 21 heavy (non-hydrogen) atoms. The van der Waals surface area contributed by atoms with Crippen LogP contribution in [-0.2, 0) is 14.4 Å². The lowest BCUT2D eigenvalue weighted by atomic mass is 9.78. The number of carboxylic acids is 1. The Labute approximate surface area is 124 Å². The van der Waals surface area contributed by atoms with Gasteiger partial charge >= 0.3 is 5.97 Å². The van der Waals surface area contributed by atoms with Crippen LogP contribution in [0.1, 0.15) is 44.9 Å². The SMILES string of the molecule is CNC(=O)C1CCCCN1C(=O)C1CCCCC1C(=O)O. The van der Waals surface area contributed by atoms with E-state index >= 15 is 0 Å². The number of amides is 2. The summed E-state index contributed by atoms with van der Waals surface area (Å²) in [6.45, 7) is 0.555. The Morgan fingerprint density at radius 1 is 1.00 bits per heavy atom. The van der Waals surface area contributed by atoms with Crippen LogP contribution >= 0.6 is 0 Å². The summed E-state index contributed by atoms with van der Waals surface area (Å²) in [6, 6.07) is -0.437. The fourth-order valence-electron chi connectivity index (χ4n) is 3.57. The molecular formula is C15H24N2O4. The monoisotopic (exact) mass is 296 g/mol. The molecule has 0 spiro atoms. The molecule has 118 valence electrons. The van der Waals surface area contributed by atoms with E-state index in [0.717, 1.165) is 25.7 Å². The first kappa shape index (κ1) is 15.8. The number of carboxylic acid groups (broad SMARTS) is 1. The Balaban J connectivity index is 2.15. The molecule has 2 fully saturated rings. The third-order valence-corrected chi connectivity index (χ3v) is 4.74. The molecular weight excluding hydrogens is 272 g/mol. The minimum absolute atomic E-state index is 0.143. The Kier molecular flexibility index (Phi) is 5.20. The number of rotatable bonds is 3. The van der Waals surface area contributed by atoms with Crippen molar-refractivity contribution < 1.29 is 19.5 Å². The summed E-state index contributed by atoms with van der Waals surface area (Å²) in [6.07, 6.45) is 5.39. The van der Waals surface area contributed by atoms with Gasteiger partial charge < -0.3 is 15.3 Å². The van der Waals surface area contributed by atoms with Gasteiger partial charge in [-0.3, -0.25) is 14.4 Å². The third-order valence-electron chi connectivity index (χ3n) is 4.74. The molecule has 0 bridgehead atoms. The lowest BCUT2D eigenvalue weighted by Gasteiger charge is -2.39. The van der Waals surface area contributed by atoms with Crippen molar-refractivity contribution in [2.24, 2.45) is 11.8 Å².